The van der Waals surface area contributed by atoms with Crippen LogP contribution in [0.5, 0.6) is 0 Å². The van der Waals surface area contributed by atoms with Crippen LogP contribution < -0.4 is 0 Å². The molecule has 3 heteroatoms. The van der Waals surface area contributed by atoms with Gasteiger partial charge in [-0.2, -0.15) is 0 Å². The van der Waals surface area contributed by atoms with E-state index in [4.69, 9.17) is 0 Å². The van der Waals surface area contributed by atoms with E-state index in [0.29, 0.717) is 0 Å². The van der Waals surface area contributed by atoms with Crippen LogP contribution in [-0.4, -0.2) is 31.2 Å². The number of rotatable bonds is 0. The second-order valence-electron chi connectivity index (χ2n) is 3.22. The van der Waals surface area contributed by atoms with Crippen molar-refractivity contribution in [3.8, 4) is 0 Å². The molecular weight excluding hydrogens is 154 g/mol. The SMILES string of the molecule is COC(=O)N1CCCCCCC1. The van der Waals surface area contributed by atoms with Gasteiger partial charge in [-0.1, -0.05) is 19.3 Å². The minimum atomic E-state index is -0.170. The molecule has 1 aliphatic rings. The number of methoxy groups -OCH3 is 1. The van der Waals surface area contributed by atoms with Crippen molar-refractivity contribution in [3.05, 3.63) is 0 Å². The minimum absolute atomic E-state index is 0.170. The van der Waals surface area contributed by atoms with Crippen molar-refractivity contribution in [2.75, 3.05) is 20.2 Å². The molecule has 1 rings (SSSR count). The zero-order valence-corrected chi connectivity index (χ0v) is 7.71. The molecule has 0 radical (unpaired) electrons. The Hall–Kier alpha value is -0.730. The first-order valence-electron chi connectivity index (χ1n) is 4.67. The van der Waals surface area contributed by atoms with Crippen LogP contribution in [0, 0.1) is 0 Å². The van der Waals surface area contributed by atoms with Crippen LogP contribution in [-0.2, 0) is 4.74 Å². The average molecular weight is 171 g/mol. The maximum absolute atomic E-state index is 11.1. The molecule has 0 aromatic rings. The summed E-state index contributed by atoms with van der Waals surface area (Å²) in [6, 6.07) is 0. The Morgan fingerprint density at radius 2 is 1.58 bits per heavy atom. The van der Waals surface area contributed by atoms with Gasteiger partial charge in [-0.05, 0) is 12.8 Å². The van der Waals surface area contributed by atoms with Crippen LogP contribution in [0.15, 0.2) is 0 Å². The fourth-order valence-corrected chi connectivity index (χ4v) is 1.56. The van der Waals surface area contributed by atoms with Gasteiger partial charge in [-0.25, -0.2) is 4.79 Å². The summed E-state index contributed by atoms with van der Waals surface area (Å²) in [5, 5.41) is 0. The fourth-order valence-electron chi connectivity index (χ4n) is 1.56. The third kappa shape index (κ3) is 2.72. The summed E-state index contributed by atoms with van der Waals surface area (Å²) in [6.45, 7) is 1.74. The predicted octanol–water partition coefficient (Wildman–Crippen LogP) is 2.02. The van der Waals surface area contributed by atoms with Crippen LogP contribution in [0.1, 0.15) is 32.1 Å². The van der Waals surface area contributed by atoms with Crippen LogP contribution in [0.25, 0.3) is 0 Å². The monoisotopic (exact) mass is 171 g/mol. The van der Waals surface area contributed by atoms with Gasteiger partial charge in [0.1, 0.15) is 0 Å². The molecule has 0 aromatic carbocycles. The molecule has 0 saturated carbocycles. The molecule has 1 heterocycles. The molecule has 0 aromatic heterocycles. The van der Waals surface area contributed by atoms with Crippen molar-refractivity contribution >= 4 is 6.09 Å². The molecule has 0 bridgehead atoms. The van der Waals surface area contributed by atoms with Gasteiger partial charge in [-0.15, -0.1) is 0 Å². The molecule has 0 spiro atoms. The van der Waals surface area contributed by atoms with E-state index >= 15 is 0 Å². The lowest BCUT2D eigenvalue weighted by Crippen LogP contribution is -2.33. The number of hydrogen-bond donors (Lipinski definition) is 0. The molecule has 12 heavy (non-hydrogen) atoms. The van der Waals surface area contributed by atoms with Gasteiger partial charge in [0.15, 0.2) is 0 Å². The first kappa shape index (κ1) is 9.36. The minimum Gasteiger partial charge on any atom is -0.453 e. The lowest BCUT2D eigenvalue weighted by atomic mass is 10.1. The van der Waals surface area contributed by atoms with E-state index in [9.17, 15) is 4.79 Å². The lowest BCUT2D eigenvalue weighted by molar-refractivity contribution is 0.120. The third-order valence-electron chi connectivity index (χ3n) is 2.29. The molecular formula is C9H17NO2. The van der Waals surface area contributed by atoms with E-state index in [2.05, 4.69) is 4.74 Å². The Bertz CT molecular complexity index is 139. The summed E-state index contributed by atoms with van der Waals surface area (Å²) >= 11 is 0. The van der Waals surface area contributed by atoms with E-state index in [1.54, 1.807) is 4.90 Å². The van der Waals surface area contributed by atoms with Gasteiger partial charge in [0.25, 0.3) is 0 Å². The highest BCUT2D eigenvalue weighted by molar-refractivity contribution is 5.67. The number of ether oxygens (including phenoxy) is 1. The molecule has 70 valence electrons. The topological polar surface area (TPSA) is 29.5 Å². The maximum Gasteiger partial charge on any atom is 0.409 e. The Morgan fingerprint density at radius 1 is 1.08 bits per heavy atom. The summed E-state index contributed by atoms with van der Waals surface area (Å²) in [7, 11) is 1.45. The van der Waals surface area contributed by atoms with Crippen molar-refractivity contribution < 1.29 is 9.53 Å². The van der Waals surface area contributed by atoms with Crippen LogP contribution >= 0.6 is 0 Å². The highest BCUT2D eigenvalue weighted by Crippen LogP contribution is 2.10. The van der Waals surface area contributed by atoms with Crippen molar-refractivity contribution in [1.82, 2.24) is 4.90 Å². The highest BCUT2D eigenvalue weighted by atomic mass is 16.5. The van der Waals surface area contributed by atoms with E-state index in [-0.39, 0.29) is 6.09 Å². The van der Waals surface area contributed by atoms with E-state index in [0.717, 1.165) is 25.9 Å². The quantitative estimate of drug-likeness (QED) is 0.558. The third-order valence-corrected chi connectivity index (χ3v) is 2.29. The van der Waals surface area contributed by atoms with Crippen molar-refractivity contribution in [1.29, 1.82) is 0 Å². The molecule has 0 N–H and O–H groups in total. The smallest absolute Gasteiger partial charge is 0.409 e. The van der Waals surface area contributed by atoms with E-state index in [1.165, 1.54) is 26.4 Å². The number of hydrogen-bond acceptors (Lipinski definition) is 2. The molecule has 1 saturated heterocycles. The van der Waals surface area contributed by atoms with Gasteiger partial charge in [0.2, 0.25) is 0 Å². The molecule has 0 unspecified atom stereocenters. The second kappa shape index (κ2) is 5.01. The van der Waals surface area contributed by atoms with E-state index in [1.807, 2.05) is 0 Å². The van der Waals surface area contributed by atoms with Gasteiger partial charge in [-0.3, -0.25) is 0 Å². The fraction of sp³-hybridized carbons (Fsp3) is 0.889. The predicted molar refractivity (Wildman–Crippen MR) is 47.1 cm³/mol. The van der Waals surface area contributed by atoms with Gasteiger partial charge in [0, 0.05) is 13.1 Å². The zero-order valence-electron chi connectivity index (χ0n) is 7.71. The highest BCUT2D eigenvalue weighted by Gasteiger charge is 2.13. The number of carbonyl (C=O) groups is 1. The van der Waals surface area contributed by atoms with Crippen LogP contribution in [0.2, 0.25) is 0 Å². The summed E-state index contributed by atoms with van der Waals surface area (Å²) in [4.78, 5) is 12.9. The average Bonchev–Trinajstić information content (AvgIpc) is 2.02. The number of likely N-dealkylation sites (tertiary alicyclic amines) is 1. The normalized spacial score (nSPS) is 19.6. The lowest BCUT2D eigenvalue weighted by Gasteiger charge is -2.22. The Balaban J connectivity index is 2.34. The van der Waals surface area contributed by atoms with Crippen LogP contribution in [0.3, 0.4) is 0 Å². The van der Waals surface area contributed by atoms with E-state index < -0.39 is 0 Å². The van der Waals surface area contributed by atoms with Crippen molar-refractivity contribution in [2.24, 2.45) is 0 Å². The second-order valence-corrected chi connectivity index (χ2v) is 3.22. The molecule has 3 nitrogen and oxygen atoms in total. The Kier molecular flexibility index (Phi) is 3.91. The first-order chi connectivity index (χ1) is 5.84. The Morgan fingerprint density at radius 3 is 2.08 bits per heavy atom. The Labute approximate surface area is 73.7 Å². The molecule has 1 fully saturated rings. The summed E-state index contributed by atoms with van der Waals surface area (Å²) in [5.41, 5.74) is 0. The molecule has 1 aliphatic heterocycles. The molecule has 0 atom stereocenters. The molecule has 1 amide bonds. The number of carbonyl (C=O) groups excluding carboxylic acids is 1. The van der Waals surface area contributed by atoms with Gasteiger partial charge in [0.05, 0.1) is 7.11 Å². The van der Waals surface area contributed by atoms with Crippen LogP contribution in [0.4, 0.5) is 4.79 Å². The maximum atomic E-state index is 11.1. The first-order valence-corrected chi connectivity index (χ1v) is 4.67. The standard InChI is InChI=1S/C9H17NO2/c1-12-9(11)10-7-5-3-2-4-6-8-10/h2-8H2,1H3. The zero-order chi connectivity index (χ0) is 8.81. The van der Waals surface area contributed by atoms with Crippen molar-refractivity contribution in [3.63, 3.8) is 0 Å². The van der Waals surface area contributed by atoms with Gasteiger partial charge < -0.3 is 9.64 Å². The summed E-state index contributed by atoms with van der Waals surface area (Å²) < 4.78 is 4.67. The van der Waals surface area contributed by atoms with Crippen molar-refractivity contribution in [2.45, 2.75) is 32.1 Å². The summed E-state index contributed by atoms with van der Waals surface area (Å²) in [5.74, 6) is 0. The van der Waals surface area contributed by atoms with Gasteiger partial charge >= 0.3 is 6.09 Å². The number of nitrogens with zero attached hydrogens (tertiary/aromatic N) is 1. The largest absolute Gasteiger partial charge is 0.453 e. The summed E-state index contributed by atoms with van der Waals surface area (Å²) in [6.07, 6.45) is 5.87. The molecule has 0 aliphatic carbocycles. The number of amides is 1.